The zero-order valence-electron chi connectivity index (χ0n) is 27.5. The fraction of sp³-hybridized carbons (Fsp3) is 0.297. The molecule has 4 aromatic rings. The van der Waals surface area contributed by atoms with E-state index < -0.39 is 18.0 Å². The van der Waals surface area contributed by atoms with Gasteiger partial charge in [0.15, 0.2) is 0 Å². The molecular weight excluding hydrogens is 616 g/mol. The third kappa shape index (κ3) is 10.5. The lowest BCUT2D eigenvalue weighted by molar-refractivity contribution is -0.134. The van der Waals surface area contributed by atoms with Crippen molar-refractivity contribution in [2.75, 3.05) is 47.1 Å². The molecule has 256 valence electrons. The molecule has 11 nitrogen and oxygen atoms in total. The monoisotopic (exact) mass is 660 g/mol. The molecule has 0 aliphatic heterocycles. The highest BCUT2D eigenvalue weighted by atomic mass is 16.5. The first-order valence-corrected chi connectivity index (χ1v) is 15.5. The van der Waals surface area contributed by atoms with Crippen LogP contribution in [0.1, 0.15) is 30.0 Å². The van der Waals surface area contributed by atoms with Gasteiger partial charge in [0.2, 0.25) is 0 Å². The summed E-state index contributed by atoms with van der Waals surface area (Å²) in [5.41, 5.74) is 6.67. The summed E-state index contributed by atoms with van der Waals surface area (Å²) < 4.78 is 13.0. The lowest BCUT2D eigenvalue weighted by Gasteiger charge is -2.23. The highest BCUT2D eigenvalue weighted by Crippen LogP contribution is 2.39. The molecule has 5 N–H and O–H groups in total. The summed E-state index contributed by atoms with van der Waals surface area (Å²) in [5, 5.41) is 46.5. The van der Waals surface area contributed by atoms with Crippen LogP contribution in [0.2, 0.25) is 0 Å². The minimum Gasteiger partial charge on any atom is -0.497 e. The lowest BCUT2D eigenvalue weighted by Crippen LogP contribution is -2.38. The maximum Gasteiger partial charge on any atom is 0.328 e. The molecule has 0 aliphatic carbocycles. The SMILES string of the molecule is CCC(=C(c1ccc(OC)cc1)c1ccc(OC)cc1)c1cn(CC(O)CN(CCO)CCO)c2ccccc12.O=C(O)/C=C\C(=O)O. The number of rotatable bonds is 16. The molecule has 1 aromatic heterocycles. The van der Waals surface area contributed by atoms with Crippen LogP contribution < -0.4 is 9.47 Å². The molecule has 48 heavy (non-hydrogen) atoms. The second-order valence-corrected chi connectivity index (χ2v) is 10.8. The van der Waals surface area contributed by atoms with E-state index in [1.807, 2.05) is 41.3 Å². The Bertz CT molecular complexity index is 1600. The van der Waals surface area contributed by atoms with Crippen LogP contribution in [0.25, 0.3) is 22.0 Å². The van der Waals surface area contributed by atoms with Crippen molar-refractivity contribution in [2.24, 2.45) is 0 Å². The number of aliphatic carboxylic acids is 2. The van der Waals surface area contributed by atoms with Crippen molar-refractivity contribution in [3.8, 4) is 11.5 Å². The summed E-state index contributed by atoms with van der Waals surface area (Å²) in [6, 6.07) is 24.6. The Morgan fingerprint density at radius 2 is 1.31 bits per heavy atom. The van der Waals surface area contributed by atoms with E-state index in [9.17, 15) is 24.9 Å². The van der Waals surface area contributed by atoms with Crippen molar-refractivity contribution < 1.29 is 44.6 Å². The molecule has 0 aliphatic rings. The smallest absolute Gasteiger partial charge is 0.328 e. The highest BCUT2D eigenvalue weighted by molar-refractivity contribution is 6.05. The summed E-state index contributed by atoms with van der Waals surface area (Å²) in [5.74, 6) is -0.907. The van der Waals surface area contributed by atoms with Crippen molar-refractivity contribution >= 4 is 34.0 Å². The van der Waals surface area contributed by atoms with Gasteiger partial charge < -0.3 is 39.6 Å². The van der Waals surface area contributed by atoms with Crippen molar-refractivity contribution in [3.63, 3.8) is 0 Å². The number of carbonyl (C=O) groups is 2. The van der Waals surface area contributed by atoms with Crippen LogP contribution in [0.4, 0.5) is 0 Å². The predicted octanol–water partition coefficient (Wildman–Crippen LogP) is 4.39. The average Bonchev–Trinajstić information content (AvgIpc) is 3.44. The zero-order chi connectivity index (χ0) is 35.1. The molecule has 0 spiro atoms. The fourth-order valence-electron chi connectivity index (χ4n) is 5.47. The van der Waals surface area contributed by atoms with Crippen LogP contribution in [0, 0.1) is 0 Å². The van der Waals surface area contributed by atoms with Gasteiger partial charge in [0.25, 0.3) is 0 Å². The average molecular weight is 661 g/mol. The number of methoxy groups -OCH3 is 2. The maximum atomic E-state index is 11.0. The topological polar surface area (TPSA) is 162 Å². The van der Waals surface area contributed by atoms with Crippen LogP contribution >= 0.6 is 0 Å². The van der Waals surface area contributed by atoms with Gasteiger partial charge in [-0.1, -0.05) is 49.4 Å². The number of hydrogen-bond acceptors (Lipinski definition) is 8. The highest BCUT2D eigenvalue weighted by Gasteiger charge is 2.20. The van der Waals surface area contributed by atoms with E-state index >= 15 is 0 Å². The van der Waals surface area contributed by atoms with E-state index in [1.165, 1.54) is 5.57 Å². The molecule has 0 fully saturated rings. The van der Waals surface area contributed by atoms with Gasteiger partial charge in [-0.05, 0) is 59.0 Å². The summed E-state index contributed by atoms with van der Waals surface area (Å²) >= 11 is 0. The number of benzene rings is 3. The summed E-state index contributed by atoms with van der Waals surface area (Å²) in [4.78, 5) is 21.0. The van der Waals surface area contributed by atoms with Crippen LogP contribution in [0.5, 0.6) is 11.5 Å². The molecule has 0 saturated heterocycles. The number of hydrogen-bond donors (Lipinski definition) is 5. The van der Waals surface area contributed by atoms with Gasteiger partial charge in [-0.2, -0.15) is 0 Å². The minimum absolute atomic E-state index is 0.0204. The van der Waals surface area contributed by atoms with Gasteiger partial charge in [-0.3, -0.25) is 4.90 Å². The maximum absolute atomic E-state index is 11.0. The van der Waals surface area contributed by atoms with Gasteiger partial charge in [0.05, 0.1) is 33.5 Å². The summed E-state index contributed by atoms with van der Waals surface area (Å²) in [6.07, 6.45) is 3.39. The van der Waals surface area contributed by atoms with E-state index in [1.54, 1.807) is 14.2 Å². The Morgan fingerprint density at radius 3 is 1.75 bits per heavy atom. The van der Waals surface area contributed by atoms with E-state index in [2.05, 4.69) is 54.1 Å². The van der Waals surface area contributed by atoms with Gasteiger partial charge in [-0.25, -0.2) is 9.59 Å². The number of nitrogens with zero attached hydrogens (tertiary/aromatic N) is 2. The first-order valence-electron chi connectivity index (χ1n) is 15.5. The van der Waals surface area contributed by atoms with Crippen molar-refractivity contribution in [2.45, 2.75) is 26.0 Å². The van der Waals surface area contributed by atoms with E-state index in [0.29, 0.717) is 38.3 Å². The quantitative estimate of drug-likeness (QED) is 0.109. The van der Waals surface area contributed by atoms with Crippen LogP contribution in [-0.4, -0.2) is 100 Å². The standard InChI is InChI=1S/C33H40N2O5.C4H4O4/c1-4-29(33(24-9-13-27(39-2)14-10-24)25-11-15-28(40-3)16-12-25)31-23-35(32-8-6-5-7-30(31)32)22-26(38)21-34(17-19-36)18-20-37;5-3(6)1-2-4(7)8/h5-16,23,26,36-38H,4,17-22H2,1-3H3;1-2H,(H,5,6)(H,7,8)/b;2-1-. The Labute approximate surface area is 280 Å². The Kier molecular flexibility index (Phi) is 14.9. The number of carboxylic acid groups (broad SMARTS) is 2. The lowest BCUT2D eigenvalue weighted by atomic mass is 9.88. The zero-order valence-corrected chi connectivity index (χ0v) is 27.5. The summed E-state index contributed by atoms with van der Waals surface area (Å²) in [7, 11) is 3.34. The molecule has 11 heteroatoms. The van der Waals surface area contributed by atoms with Gasteiger partial charge in [0.1, 0.15) is 11.5 Å². The number of aliphatic hydroxyl groups is 3. The van der Waals surface area contributed by atoms with Gasteiger partial charge in [-0.15, -0.1) is 0 Å². The second kappa shape index (κ2) is 19.0. The number of carboxylic acids is 2. The number of aliphatic hydroxyl groups excluding tert-OH is 3. The first-order chi connectivity index (χ1) is 23.1. The Balaban J connectivity index is 0.000000694. The number of aromatic nitrogens is 1. The molecular formula is C37H44N2O9. The van der Waals surface area contributed by atoms with Crippen LogP contribution in [0.3, 0.4) is 0 Å². The number of ether oxygens (including phenoxy) is 2. The third-order valence-corrected chi connectivity index (χ3v) is 7.60. The van der Waals surface area contributed by atoms with Gasteiger partial charge in [0, 0.05) is 61.0 Å². The van der Waals surface area contributed by atoms with E-state index in [-0.39, 0.29) is 13.2 Å². The van der Waals surface area contributed by atoms with Crippen molar-refractivity contribution in [1.82, 2.24) is 9.47 Å². The molecule has 0 bridgehead atoms. The Morgan fingerprint density at radius 1 is 0.812 bits per heavy atom. The van der Waals surface area contributed by atoms with Crippen LogP contribution in [-0.2, 0) is 16.1 Å². The molecule has 0 saturated carbocycles. The number of fused-ring (bicyclic) bond motifs is 1. The minimum atomic E-state index is -1.26. The van der Waals surface area contributed by atoms with Gasteiger partial charge >= 0.3 is 11.9 Å². The molecule has 0 radical (unpaired) electrons. The Hall–Kier alpha value is -4.94. The molecule has 4 rings (SSSR count). The predicted molar refractivity (Wildman–Crippen MR) is 185 cm³/mol. The van der Waals surface area contributed by atoms with Crippen molar-refractivity contribution in [1.29, 1.82) is 0 Å². The fourth-order valence-corrected chi connectivity index (χ4v) is 5.47. The molecule has 3 aromatic carbocycles. The molecule has 1 unspecified atom stereocenters. The molecule has 0 amide bonds. The largest absolute Gasteiger partial charge is 0.497 e. The number of allylic oxidation sites excluding steroid dienone is 1. The van der Waals surface area contributed by atoms with Crippen molar-refractivity contribution in [3.05, 3.63) is 108 Å². The first kappa shape index (κ1) is 37.5. The van der Waals surface area contributed by atoms with E-state index in [0.717, 1.165) is 51.1 Å². The summed E-state index contributed by atoms with van der Waals surface area (Å²) in [6.45, 7) is 3.70. The number of para-hydroxylation sites is 1. The molecule has 1 atom stereocenters. The second-order valence-electron chi connectivity index (χ2n) is 10.8. The third-order valence-electron chi connectivity index (χ3n) is 7.60. The normalized spacial score (nSPS) is 11.6. The van der Waals surface area contributed by atoms with E-state index in [4.69, 9.17) is 19.7 Å². The molecule has 1 heterocycles. The van der Waals surface area contributed by atoms with Crippen LogP contribution in [0.15, 0.2) is 91.1 Å².